The van der Waals surface area contributed by atoms with Crippen molar-refractivity contribution >= 4 is 43.9 Å². The second kappa shape index (κ2) is 9.51. The van der Waals surface area contributed by atoms with Gasteiger partial charge in [0.05, 0.1) is 11.0 Å². The molecule has 3 aromatic heterocycles. The predicted molar refractivity (Wildman–Crippen MR) is 192 cm³/mol. The number of para-hydroxylation sites is 1. The van der Waals surface area contributed by atoms with Crippen molar-refractivity contribution < 1.29 is 4.42 Å². The number of nitrogens with zero attached hydrogens (tertiary/aromatic N) is 3. The smallest absolute Gasteiger partial charge is 0.180 e. The second-order valence-electron chi connectivity index (χ2n) is 13.0. The maximum atomic E-state index is 6.74. The van der Waals surface area contributed by atoms with Gasteiger partial charge < -0.3 is 8.98 Å². The molecule has 6 aromatic carbocycles. The van der Waals surface area contributed by atoms with Crippen LogP contribution in [0.4, 0.5) is 0 Å². The van der Waals surface area contributed by atoms with E-state index in [0.717, 1.165) is 39.0 Å². The van der Waals surface area contributed by atoms with Crippen LogP contribution in [0.2, 0.25) is 0 Å². The van der Waals surface area contributed by atoms with Crippen LogP contribution in [0.15, 0.2) is 144 Å². The fourth-order valence-corrected chi connectivity index (χ4v) is 7.79. The summed E-state index contributed by atoms with van der Waals surface area (Å²) in [5.74, 6) is 0.683. The summed E-state index contributed by atoms with van der Waals surface area (Å²) in [6, 6.07) is 49.2. The highest BCUT2D eigenvalue weighted by atomic mass is 16.3. The molecule has 1 aliphatic carbocycles. The molecule has 0 saturated carbocycles. The minimum atomic E-state index is -0.0902. The Balaban J connectivity index is 1.28. The molecule has 1 aliphatic rings. The van der Waals surface area contributed by atoms with Gasteiger partial charge in [-0.1, -0.05) is 129 Å². The van der Waals surface area contributed by atoms with Gasteiger partial charge in [-0.05, 0) is 34.9 Å². The molecule has 9 aromatic rings. The fraction of sp³-hybridized carbons (Fsp3) is 0.0698. The van der Waals surface area contributed by atoms with E-state index in [4.69, 9.17) is 14.4 Å². The van der Waals surface area contributed by atoms with E-state index < -0.39 is 0 Å². The SMILES string of the molecule is CC1(C)c2ccccc2-c2c1ccc1c3ccccc3n(-c3ccc4c(c3)oc3c(-c5ccccc5)nc(-c5ccccc5)nc34)c21. The molecule has 10 rings (SSSR count). The van der Waals surface area contributed by atoms with Crippen molar-refractivity contribution in [2.45, 2.75) is 19.3 Å². The third-order valence-corrected chi connectivity index (χ3v) is 10.0. The van der Waals surface area contributed by atoms with Crippen LogP contribution in [0.3, 0.4) is 0 Å². The molecule has 4 heteroatoms. The summed E-state index contributed by atoms with van der Waals surface area (Å²) in [5.41, 5.74) is 13.8. The zero-order valence-electron chi connectivity index (χ0n) is 26.0. The van der Waals surface area contributed by atoms with Gasteiger partial charge in [-0.15, -0.1) is 0 Å². The first kappa shape index (κ1) is 26.2. The van der Waals surface area contributed by atoms with Crippen molar-refractivity contribution in [2.75, 3.05) is 0 Å². The molecule has 0 radical (unpaired) electrons. The van der Waals surface area contributed by atoms with E-state index in [-0.39, 0.29) is 5.41 Å². The van der Waals surface area contributed by atoms with Gasteiger partial charge in [0.2, 0.25) is 0 Å². The van der Waals surface area contributed by atoms with Gasteiger partial charge >= 0.3 is 0 Å². The molecule has 222 valence electrons. The van der Waals surface area contributed by atoms with Gasteiger partial charge in [0.25, 0.3) is 0 Å². The van der Waals surface area contributed by atoms with Gasteiger partial charge in [0, 0.05) is 50.0 Å². The van der Waals surface area contributed by atoms with E-state index in [0.29, 0.717) is 11.4 Å². The van der Waals surface area contributed by atoms with Crippen molar-refractivity contribution in [1.82, 2.24) is 14.5 Å². The van der Waals surface area contributed by atoms with Crippen molar-refractivity contribution in [3.8, 4) is 39.5 Å². The van der Waals surface area contributed by atoms with E-state index in [1.165, 1.54) is 44.1 Å². The number of fused-ring (bicyclic) bond motifs is 10. The van der Waals surface area contributed by atoms with Crippen LogP contribution in [-0.2, 0) is 5.41 Å². The molecule has 0 aliphatic heterocycles. The van der Waals surface area contributed by atoms with Crippen molar-refractivity contribution in [1.29, 1.82) is 0 Å². The van der Waals surface area contributed by atoms with Gasteiger partial charge in [0.15, 0.2) is 11.4 Å². The first-order valence-corrected chi connectivity index (χ1v) is 16.1. The zero-order valence-corrected chi connectivity index (χ0v) is 26.0. The fourth-order valence-electron chi connectivity index (χ4n) is 7.79. The van der Waals surface area contributed by atoms with Crippen LogP contribution >= 0.6 is 0 Å². The highest BCUT2D eigenvalue weighted by molar-refractivity contribution is 6.16. The standard InChI is InChI=1S/C43H29N3O/c1-43(2)33-19-11-9-18-31(33)37-34(43)24-23-30-29-17-10-12-20-35(29)46(40(30)37)28-21-22-32-36(25-28)47-41-38(26-13-5-3-6-14-26)44-42(45-39(32)41)27-15-7-4-8-16-27/h3-25H,1-2H3. The Bertz CT molecular complexity index is 2700. The first-order valence-electron chi connectivity index (χ1n) is 16.1. The lowest BCUT2D eigenvalue weighted by Crippen LogP contribution is -2.14. The summed E-state index contributed by atoms with van der Waals surface area (Å²) in [6.45, 7) is 4.68. The van der Waals surface area contributed by atoms with Crippen molar-refractivity contribution in [3.63, 3.8) is 0 Å². The molecule has 0 spiro atoms. The minimum absolute atomic E-state index is 0.0902. The van der Waals surface area contributed by atoms with Gasteiger partial charge in [-0.25, -0.2) is 9.97 Å². The van der Waals surface area contributed by atoms with Crippen LogP contribution in [0.1, 0.15) is 25.0 Å². The van der Waals surface area contributed by atoms with Gasteiger partial charge in [-0.3, -0.25) is 0 Å². The lowest BCUT2D eigenvalue weighted by Gasteiger charge is -2.21. The number of hydrogen-bond acceptors (Lipinski definition) is 3. The summed E-state index contributed by atoms with van der Waals surface area (Å²) >= 11 is 0. The minimum Gasteiger partial charge on any atom is -0.452 e. The largest absolute Gasteiger partial charge is 0.452 e. The molecular formula is C43H29N3O. The Morgan fingerprint density at radius 1 is 0.596 bits per heavy atom. The average Bonchev–Trinajstić information content (AvgIpc) is 3.74. The molecule has 0 unspecified atom stereocenters. The molecule has 0 bridgehead atoms. The summed E-state index contributed by atoms with van der Waals surface area (Å²) in [5, 5.41) is 3.46. The normalized spacial score (nSPS) is 13.5. The Morgan fingerprint density at radius 2 is 1.30 bits per heavy atom. The number of hydrogen-bond donors (Lipinski definition) is 0. The Labute approximate surface area is 271 Å². The second-order valence-corrected chi connectivity index (χ2v) is 13.0. The molecule has 3 heterocycles. The van der Waals surface area contributed by atoms with E-state index in [2.05, 4.69) is 122 Å². The van der Waals surface area contributed by atoms with Crippen molar-refractivity contribution in [3.05, 3.63) is 151 Å². The Kier molecular flexibility index (Phi) is 5.31. The lowest BCUT2D eigenvalue weighted by molar-refractivity contribution is 0.660. The molecule has 0 N–H and O–H groups in total. The molecule has 0 fully saturated rings. The Hall–Kier alpha value is -6.00. The van der Waals surface area contributed by atoms with Gasteiger partial charge in [0.1, 0.15) is 16.8 Å². The maximum absolute atomic E-state index is 6.74. The van der Waals surface area contributed by atoms with Gasteiger partial charge in [-0.2, -0.15) is 0 Å². The third-order valence-electron chi connectivity index (χ3n) is 10.0. The molecule has 4 nitrogen and oxygen atoms in total. The number of aromatic nitrogens is 3. The van der Waals surface area contributed by atoms with E-state index in [1.54, 1.807) is 0 Å². The zero-order chi connectivity index (χ0) is 31.3. The molecular weight excluding hydrogens is 574 g/mol. The van der Waals surface area contributed by atoms with Crippen LogP contribution < -0.4 is 0 Å². The van der Waals surface area contributed by atoms with E-state index in [1.807, 2.05) is 36.4 Å². The van der Waals surface area contributed by atoms with E-state index >= 15 is 0 Å². The summed E-state index contributed by atoms with van der Waals surface area (Å²) in [6.07, 6.45) is 0. The van der Waals surface area contributed by atoms with Crippen LogP contribution in [0.25, 0.3) is 83.3 Å². The summed E-state index contributed by atoms with van der Waals surface area (Å²) < 4.78 is 9.16. The van der Waals surface area contributed by atoms with Crippen LogP contribution in [0, 0.1) is 0 Å². The quantitative estimate of drug-likeness (QED) is 0.202. The van der Waals surface area contributed by atoms with Crippen LogP contribution in [-0.4, -0.2) is 14.5 Å². The maximum Gasteiger partial charge on any atom is 0.180 e. The summed E-state index contributed by atoms with van der Waals surface area (Å²) in [4.78, 5) is 10.1. The van der Waals surface area contributed by atoms with Crippen LogP contribution in [0.5, 0.6) is 0 Å². The first-order chi connectivity index (χ1) is 23.1. The monoisotopic (exact) mass is 603 g/mol. The molecule has 0 amide bonds. The highest BCUT2D eigenvalue weighted by Gasteiger charge is 2.37. The predicted octanol–water partition coefficient (Wildman–Crippen LogP) is 11.1. The summed E-state index contributed by atoms with van der Waals surface area (Å²) in [7, 11) is 0. The molecule has 47 heavy (non-hydrogen) atoms. The van der Waals surface area contributed by atoms with Crippen molar-refractivity contribution in [2.24, 2.45) is 0 Å². The Morgan fingerprint density at radius 3 is 2.13 bits per heavy atom. The molecule has 0 saturated heterocycles. The highest BCUT2D eigenvalue weighted by Crippen LogP contribution is 2.53. The van der Waals surface area contributed by atoms with E-state index in [9.17, 15) is 0 Å². The molecule has 0 atom stereocenters. The number of benzene rings is 6. The number of furan rings is 1. The third kappa shape index (κ3) is 3.64. The topological polar surface area (TPSA) is 43.9 Å². The number of rotatable bonds is 3. The average molecular weight is 604 g/mol. The lowest BCUT2D eigenvalue weighted by atomic mass is 9.82.